The van der Waals surface area contributed by atoms with Crippen molar-refractivity contribution in [3.8, 4) is 0 Å². The average Bonchev–Trinajstić information content (AvgIpc) is 3.31. The zero-order valence-electron chi connectivity index (χ0n) is 16.4. The zero-order chi connectivity index (χ0) is 18.8. The predicted molar refractivity (Wildman–Crippen MR) is 101 cm³/mol. The lowest BCUT2D eigenvalue weighted by molar-refractivity contribution is 0.418. The van der Waals surface area contributed by atoms with Crippen LogP contribution in [-0.2, 0) is 7.05 Å². The Morgan fingerprint density at radius 3 is 1.76 bits per heavy atom. The lowest BCUT2D eigenvalue weighted by atomic mass is 10.1. The lowest BCUT2D eigenvalue weighted by Crippen LogP contribution is -1.85. The zero-order valence-corrected chi connectivity index (χ0v) is 16.4. The molecule has 0 saturated carbocycles. The monoisotopic (exact) mass is 345 g/mol. The summed E-state index contributed by atoms with van der Waals surface area (Å²) in [7, 11) is 1.94. The number of nitrogens with one attached hydrogen (secondary N) is 1. The summed E-state index contributed by atoms with van der Waals surface area (Å²) in [5.41, 5.74) is 3.73. The summed E-state index contributed by atoms with van der Waals surface area (Å²) in [5.74, 6) is 1.72. The fourth-order valence-electron chi connectivity index (χ4n) is 1.81. The van der Waals surface area contributed by atoms with Gasteiger partial charge >= 0.3 is 0 Å². The second kappa shape index (κ2) is 10.5. The number of hydrogen-bond acceptors (Lipinski definition) is 4. The first kappa shape index (κ1) is 20.7. The van der Waals surface area contributed by atoms with Crippen molar-refractivity contribution in [1.29, 1.82) is 0 Å². The number of aromatic nitrogens is 5. The Morgan fingerprint density at radius 2 is 1.52 bits per heavy atom. The maximum atomic E-state index is 4.63. The summed E-state index contributed by atoms with van der Waals surface area (Å²) in [6, 6.07) is 0. The quantitative estimate of drug-likeness (QED) is 0.734. The second-order valence-electron chi connectivity index (χ2n) is 6.90. The van der Waals surface area contributed by atoms with Crippen LogP contribution in [0.15, 0.2) is 41.8 Å². The molecule has 0 spiro atoms. The Morgan fingerprint density at radius 1 is 0.880 bits per heavy atom. The van der Waals surface area contributed by atoms with Gasteiger partial charge in [0.15, 0.2) is 0 Å². The highest BCUT2D eigenvalue weighted by atomic mass is 16.5. The van der Waals surface area contributed by atoms with Gasteiger partial charge in [0.2, 0.25) is 0 Å². The number of rotatable bonds is 3. The van der Waals surface area contributed by atoms with E-state index in [0.29, 0.717) is 17.8 Å². The van der Waals surface area contributed by atoms with Crippen molar-refractivity contribution in [3.63, 3.8) is 0 Å². The molecule has 3 rings (SSSR count). The molecular formula is C19H31N5O. The highest BCUT2D eigenvalue weighted by Crippen LogP contribution is 2.11. The van der Waals surface area contributed by atoms with Crippen LogP contribution >= 0.6 is 0 Å². The minimum absolute atomic E-state index is 0.529. The van der Waals surface area contributed by atoms with E-state index in [4.69, 9.17) is 0 Å². The number of nitrogens with zero attached hydrogens (tertiary/aromatic N) is 4. The van der Waals surface area contributed by atoms with E-state index >= 15 is 0 Å². The van der Waals surface area contributed by atoms with Gasteiger partial charge in [-0.2, -0.15) is 10.2 Å². The van der Waals surface area contributed by atoms with E-state index in [0.717, 1.165) is 5.56 Å². The highest BCUT2D eigenvalue weighted by molar-refractivity contribution is 5.08. The maximum Gasteiger partial charge on any atom is 0.127 e. The molecule has 0 bridgehead atoms. The van der Waals surface area contributed by atoms with Gasteiger partial charge in [0, 0.05) is 25.0 Å². The van der Waals surface area contributed by atoms with E-state index in [1.807, 2.05) is 36.5 Å². The second-order valence-corrected chi connectivity index (χ2v) is 6.90. The van der Waals surface area contributed by atoms with E-state index < -0.39 is 0 Å². The molecule has 3 aromatic heterocycles. The first-order chi connectivity index (χ1) is 11.8. The Kier molecular flexibility index (Phi) is 8.67. The fraction of sp³-hybridized carbons (Fsp3) is 0.526. The standard InChI is InChI=1S/C7H12N2.C6H10N2.C6H9NO/c1-6(2)7-4-8-9(3)5-7;2*1-5(2)6-3-7-8-4-6/h4-6H,1-3H3;3-5H,1-2H3,(H,7,8);3-5H,1-2H3. The van der Waals surface area contributed by atoms with E-state index in [1.54, 1.807) is 12.5 Å². The number of H-pyrrole nitrogens is 1. The van der Waals surface area contributed by atoms with Gasteiger partial charge in [0.25, 0.3) is 0 Å². The molecule has 0 aliphatic heterocycles. The summed E-state index contributed by atoms with van der Waals surface area (Å²) in [6.45, 7) is 12.8. The molecular weight excluding hydrogens is 314 g/mol. The first-order valence-corrected chi connectivity index (χ1v) is 8.67. The van der Waals surface area contributed by atoms with Crippen molar-refractivity contribution in [3.05, 3.63) is 53.9 Å². The molecule has 6 heteroatoms. The molecule has 25 heavy (non-hydrogen) atoms. The first-order valence-electron chi connectivity index (χ1n) is 8.67. The maximum absolute atomic E-state index is 4.63. The predicted octanol–water partition coefficient (Wildman–Crippen LogP) is 4.87. The average molecular weight is 345 g/mol. The van der Waals surface area contributed by atoms with Crippen molar-refractivity contribution < 1.29 is 4.52 Å². The lowest BCUT2D eigenvalue weighted by Gasteiger charge is -1.95. The normalized spacial score (nSPS) is 10.5. The Hall–Kier alpha value is -2.37. The number of aryl methyl sites for hydroxylation is 1. The van der Waals surface area contributed by atoms with Crippen molar-refractivity contribution in [2.24, 2.45) is 7.05 Å². The molecule has 0 unspecified atom stereocenters. The number of hydrogen-bond donors (Lipinski definition) is 1. The molecule has 6 nitrogen and oxygen atoms in total. The molecule has 0 atom stereocenters. The van der Waals surface area contributed by atoms with Gasteiger partial charge < -0.3 is 4.52 Å². The van der Waals surface area contributed by atoms with Crippen LogP contribution in [-0.4, -0.2) is 25.1 Å². The van der Waals surface area contributed by atoms with E-state index in [9.17, 15) is 0 Å². The van der Waals surface area contributed by atoms with Gasteiger partial charge in [-0.25, -0.2) is 0 Å². The van der Waals surface area contributed by atoms with E-state index in [1.165, 1.54) is 11.1 Å². The molecule has 0 aromatic carbocycles. The van der Waals surface area contributed by atoms with E-state index in [-0.39, 0.29) is 0 Å². The third-order valence-corrected chi connectivity index (χ3v) is 3.70. The van der Waals surface area contributed by atoms with Gasteiger partial charge in [-0.1, -0.05) is 46.7 Å². The smallest absolute Gasteiger partial charge is 0.127 e. The molecule has 0 aliphatic rings. The van der Waals surface area contributed by atoms with Crippen LogP contribution in [0.5, 0.6) is 0 Å². The van der Waals surface area contributed by atoms with Crippen molar-refractivity contribution >= 4 is 0 Å². The molecule has 0 saturated heterocycles. The van der Waals surface area contributed by atoms with Crippen molar-refractivity contribution in [1.82, 2.24) is 25.1 Å². The molecule has 0 amide bonds. The van der Waals surface area contributed by atoms with E-state index in [2.05, 4.69) is 66.5 Å². The van der Waals surface area contributed by atoms with Crippen LogP contribution < -0.4 is 0 Å². The Bertz CT molecular complexity index is 628. The van der Waals surface area contributed by atoms with Gasteiger partial charge in [0.1, 0.15) is 6.26 Å². The molecule has 138 valence electrons. The van der Waals surface area contributed by atoms with Gasteiger partial charge in [-0.3, -0.25) is 9.78 Å². The highest BCUT2D eigenvalue weighted by Gasteiger charge is 1.99. The molecule has 3 heterocycles. The third kappa shape index (κ3) is 7.83. The molecule has 0 radical (unpaired) electrons. The van der Waals surface area contributed by atoms with Crippen LogP contribution in [0.25, 0.3) is 0 Å². The SMILES string of the molecule is CC(C)c1cn[nH]c1.CC(C)c1cnn(C)c1.CC(C)c1cnoc1. The summed E-state index contributed by atoms with van der Waals surface area (Å²) >= 11 is 0. The Labute approximate surface area is 150 Å². The fourth-order valence-corrected chi connectivity index (χ4v) is 1.81. The molecule has 1 N–H and O–H groups in total. The van der Waals surface area contributed by atoms with Crippen LogP contribution in [0.1, 0.15) is 76.0 Å². The minimum atomic E-state index is 0.529. The van der Waals surface area contributed by atoms with Crippen molar-refractivity contribution in [2.45, 2.75) is 59.3 Å². The van der Waals surface area contributed by atoms with Crippen LogP contribution in [0, 0.1) is 0 Å². The van der Waals surface area contributed by atoms with Gasteiger partial charge in [-0.05, 0) is 28.9 Å². The van der Waals surface area contributed by atoms with Gasteiger partial charge in [-0.15, -0.1) is 0 Å². The number of aromatic amines is 1. The van der Waals surface area contributed by atoms with Crippen LogP contribution in [0.3, 0.4) is 0 Å². The third-order valence-electron chi connectivity index (χ3n) is 3.70. The summed E-state index contributed by atoms with van der Waals surface area (Å²) in [4.78, 5) is 0. The van der Waals surface area contributed by atoms with Crippen LogP contribution in [0.2, 0.25) is 0 Å². The molecule has 3 aromatic rings. The van der Waals surface area contributed by atoms with Crippen LogP contribution in [0.4, 0.5) is 0 Å². The van der Waals surface area contributed by atoms with Crippen molar-refractivity contribution in [2.75, 3.05) is 0 Å². The minimum Gasteiger partial charge on any atom is -0.364 e. The summed E-state index contributed by atoms with van der Waals surface area (Å²) in [5, 5.41) is 14.2. The summed E-state index contributed by atoms with van der Waals surface area (Å²) in [6.07, 6.45) is 11.1. The van der Waals surface area contributed by atoms with Gasteiger partial charge in [0.05, 0.1) is 18.6 Å². The Balaban J connectivity index is 0.000000188. The largest absolute Gasteiger partial charge is 0.364 e. The topological polar surface area (TPSA) is 72.5 Å². The summed E-state index contributed by atoms with van der Waals surface area (Å²) < 4.78 is 6.45. The molecule has 0 fully saturated rings. The molecule has 0 aliphatic carbocycles.